The van der Waals surface area contributed by atoms with Gasteiger partial charge in [0.2, 0.25) is 0 Å². The van der Waals surface area contributed by atoms with Gasteiger partial charge in [-0.15, -0.1) is 0 Å². The number of carbonyl (C=O) groups excluding carboxylic acids is 2. The molecule has 2 amide bonds. The molecule has 2 aromatic carbocycles. The first kappa shape index (κ1) is 25.4. The third-order valence-electron chi connectivity index (χ3n) is 6.78. The number of rotatable bonds is 5. The van der Waals surface area contributed by atoms with Crippen LogP contribution in [-0.4, -0.2) is 40.6 Å². The Morgan fingerprint density at radius 3 is 2.74 bits per heavy atom. The van der Waals surface area contributed by atoms with Crippen LogP contribution in [0.4, 0.5) is 19.0 Å². The molecule has 0 radical (unpaired) electrons. The number of nitrogens with zero attached hydrogens (tertiary/aromatic N) is 2. The lowest BCUT2D eigenvalue weighted by atomic mass is 9.95. The van der Waals surface area contributed by atoms with Gasteiger partial charge in [0.15, 0.2) is 11.6 Å². The maximum atomic E-state index is 13.4. The number of ether oxygens (including phenoxy) is 1. The lowest BCUT2D eigenvalue weighted by Crippen LogP contribution is -2.39. The predicted molar refractivity (Wildman–Crippen MR) is 133 cm³/mol. The van der Waals surface area contributed by atoms with Crippen molar-refractivity contribution in [2.45, 2.75) is 38.4 Å². The lowest BCUT2D eigenvalue weighted by molar-refractivity contribution is -0.138. The minimum absolute atomic E-state index is 0.0151. The molecular weight excluding hydrogens is 501 g/mol. The summed E-state index contributed by atoms with van der Waals surface area (Å²) < 4.78 is 51.1. The van der Waals surface area contributed by atoms with Crippen LogP contribution in [0.15, 0.2) is 52.9 Å². The van der Waals surface area contributed by atoms with Crippen molar-refractivity contribution >= 4 is 28.6 Å². The van der Waals surface area contributed by atoms with Crippen LogP contribution in [0.1, 0.15) is 63.0 Å². The highest BCUT2D eigenvalue weighted by atomic mass is 19.4. The van der Waals surface area contributed by atoms with Crippen LogP contribution in [0.3, 0.4) is 0 Å². The van der Waals surface area contributed by atoms with Crippen LogP contribution < -0.4 is 10.1 Å². The summed E-state index contributed by atoms with van der Waals surface area (Å²) in [5.74, 6) is -0.0248. The van der Waals surface area contributed by atoms with Crippen LogP contribution in [0.5, 0.6) is 5.75 Å². The molecule has 5 rings (SSSR count). The first-order chi connectivity index (χ1) is 18.2. The number of aromatic nitrogens is 2. The number of furan rings is 1. The van der Waals surface area contributed by atoms with Gasteiger partial charge in [0.1, 0.15) is 11.3 Å². The molecule has 0 bridgehead atoms. The smallest absolute Gasteiger partial charge is 0.416 e. The number of halogens is 3. The van der Waals surface area contributed by atoms with E-state index in [1.807, 2.05) is 0 Å². The first-order valence-corrected chi connectivity index (χ1v) is 12.1. The molecule has 1 saturated heterocycles. The van der Waals surface area contributed by atoms with Gasteiger partial charge in [-0.25, -0.2) is 0 Å². The summed E-state index contributed by atoms with van der Waals surface area (Å²) in [6.07, 6.45) is -2.39. The lowest BCUT2D eigenvalue weighted by Gasteiger charge is -2.35. The number of hydrogen-bond donors (Lipinski definition) is 2. The van der Waals surface area contributed by atoms with Gasteiger partial charge >= 0.3 is 6.18 Å². The molecular formula is C27H25F3N4O4. The van der Waals surface area contributed by atoms with Gasteiger partial charge in [0, 0.05) is 23.6 Å². The third-order valence-corrected chi connectivity index (χ3v) is 6.78. The van der Waals surface area contributed by atoms with Gasteiger partial charge in [0.05, 0.1) is 24.4 Å². The number of anilines is 1. The Bertz CT molecular complexity index is 1510. The van der Waals surface area contributed by atoms with Crippen molar-refractivity contribution in [2.75, 3.05) is 19.0 Å². The molecule has 0 spiro atoms. The molecule has 198 valence electrons. The highest BCUT2D eigenvalue weighted by Crippen LogP contribution is 2.36. The SMILES string of the molecule is COc1ccc2oc(C(=O)Nc3cc(C4CCCCN4C(=O)c4cccc(C(F)(F)F)c4C)[nH]n3)cc2c1. The fourth-order valence-electron chi connectivity index (χ4n) is 4.84. The molecule has 1 aliphatic heterocycles. The molecule has 0 saturated carbocycles. The fourth-order valence-corrected chi connectivity index (χ4v) is 4.84. The number of hydrogen-bond acceptors (Lipinski definition) is 5. The number of carbonyl (C=O) groups is 2. The van der Waals surface area contributed by atoms with E-state index < -0.39 is 29.6 Å². The van der Waals surface area contributed by atoms with E-state index in [2.05, 4.69) is 15.5 Å². The Labute approximate surface area is 215 Å². The number of benzene rings is 2. The average molecular weight is 527 g/mol. The molecule has 4 aromatic rings. The van der Waals surface area contributed by atoms with Gasteiger partial charge in [-0.05, 0) is 68.1 Å². The molecule has 1 fully saturated rings. The Balaban J connectivity index is 1.35. The molecule has 3 heterocycles. The molecule has 2 aromatic heterocycles. The van der Waals surface area contributed by atoms with Crippen LogP contribution >= 0.6 is 0 Å². The zero-order valence-corrected chi connectivity index (χ0v) is 20.7. The second kappa shape index (κ2) is 9.88. The highest BCUT2D eigenvalue weighted by Gasteiger charge is 2.36. The molecule has 11 heteroatoms. The van der Waals surface area contributed by atoms with E-state index in [4.69, 9.17) is 9.15 Å². The molecule has 1 unspecified atom stereocenters. The van der Waals surface area contributed by atoms with Gasteiger partial charge in [-0.2, -0.15) is 18.3 Å². The maximum absolute atomic E-state index is 13.4. The largest absolute Gasteiger partial charge is 0.497 e. The molecule has 8 nitrogen and oxygen atoms in total. The number of likely N-dealkylation sites (tertiary alicyclic amines) is 1. The quantitative estimate of drug-likeness (QED) is 0.327. The van der Waals surface area contributed by atoms with Gasteiger partial charge in [-0.1, -0.05) is 6.07 Å². The average Bonchev–Trinajstić information content (AvgIpc) is 3.54. The summed E-state index contributed by atoms with van der Waals surface area (Å²) >= 11 is 0. The Hall–Kier alpha value is -4.28. The van der Waals surface area contributed by atoms with Gasteiger partial charge < -0.3 is 19.4 Å². The van der Waals surface area contributed by atoms with Crippen LogP contribution in [-0.2, 0) is 6.18 Å². The van der Waals surface area contributed by atoms with Crippen molar-refractivity contribution < 1.29 is 31.9 Å². The monoisotopic (exact) mass is 526 g/mol. The predicted octanol–water partition coefficient (Wildman–Crippen LogP) is 6.11. The van der Waals surface area contributed by atoms with E-state index in [0.717, 1.165) is 18.9 Å². The zero-order valence-electron chi connectivity index (χ0n) is 20.7. The standard InChI is InChI=1S/C27H25F3N4O4/c1-15-18(6-5-7-19(15)27(28,29)30)26(36)34-11-4-3-8-21(34)20-14-24(33-32-20)31-25(35)23-13-16-12-17(37-2)9-10-22(16)38-23/h5-7,9-10,12-14,21H,3-4,8,11H2,1-2H3,(H2,31,32,33,35). The number of nitrogens with one attached hydrogen (secondary N) is 2. The minimum atomic E-state index is -4.55. The van der Waals surface area contributed by atoms with E-state index in [1.54, 1.807) is 42.3 Å². The molecule has 2 N–H and O–H groups in total. The Kier molecular flexibility index (Phi) is 6.60. The van der Waals surface area contributed by atoms with E-state index in [-0.39, 0.29) is 22.7 Å². The van der Waals surface area contributed by atoms with Crippen LogP contribution in [0.2, 0.25) is 0 Å². The number of methoxy groups -OCH3 is 1. The topological polar surface area (TPSA) is 100 Å². The third kappa shape index (κ3) is 4.83. The summed E-state index contributed by atoms with van der Waals surface area (Å²) in [7, 11) is 1.55. The second-order valence-corrected chi connectivity index (χ2v) is 9.16. The van der Waals surface area contributed by atoms with E-state index in [9.17, 15) is 22.8 Å². The van der Waals surface area contributed by atoms with Crippen molar-refractivity contribution in [1.82, 2.24) is 15.1 Å². The Morgan fingerprint density at radius 2 is 1.97 bits per heavy atom. The van der Waals surface area contributed by atoms with Crippen molar-refractivity contribution in [3.8, 4) is 5.75 Å². The van der Waals surface area contributed by atoms with Crippen molar-refractivity contribution in [3.05, 3.63) is 76.7 Å². The second-order valence-electron chi connectivity index (χ2n) is 9.16. The first-order valence-electron chi connectivity index (χ1n) is 12.1. The molecule has 38 heavy (non-hydrogen) atoms. The summed E-state index contributed by atoms with van der Waals surface area (Å²) in [5.41, 5.74) is 0.191. The number of piperidine rings is 1. The van der Waals surface area contributed by atoms with Gasteiger partial charge in [-0.3, -0.25) is 14.7 Å². The molecule has 1 atom stereocenters. The van der Waals surface area contributed by atoms with Crippen LogP contribution in [0, 0.1) is 6.92 Å². The molecule has 1 aliphatic rings. The molecule has 0 aliphatic carbocycles. The van der Waals surface area contributed by atoms with Crippen molar-refractivity contribution in [2.24, 2.45) is 0 Å². The number of fused-ring (bicyclic) bond motifs is 1. The van der Waals surface area contributed by atoms with Gasteiger partial charge in [0.25, 0.3) is 11.8 Å². The zero-order chi connectivity index (χ0) is 27.0. The number of amides is 2. The summed E-state index contributed by atoms with van der Waals surface area (Å²) in [6, 6.07) is 11.6. The number of H-pyrrole nitrogens is 1. The van der Waals surface area contributed by atoms with Crippen molar-refractivity contribution in [1.29, 1.82) is 0 Å². The van der Waals surface area contributed by atoms with Crippen molar-refractivity contribution in [3.63, 3.8) is 0 Å². The normalized spacial score (nSPS) is 16.0. The summed E-state index contributed by atoms with van der Waals surface area (Å²) in [5, 5.41) is 10.4. The van der Waals surface area contributed by atoms with Crippen LogP contribution in [0.25, 0.3) is 11.0 Å². The van der Waals surface area contributed by atoms with E-state index in [0.29, 0.717) is 35.4 Å². The van der Waals surface area contributed by atoms with E-state index in [1.165, 1.54) is 19.1 Å². The summed E-state index contributed by atoms with van der Waals surface area (Å²) in [6.45, 7) is 1.70. The van der Waals surface area contributed by atoms with E-state index >= 15 is 0 Å². The number of alkyl halides is 3. The Morgan fingerprint density at radius 1 is 1.16 bits per heavy atom. The fraction of sp³-hybridized carbons (Fsp3) is 0.296. The highest BCUT2D eigenvalue weighted by molar-refractivity contribution is 6.04. The minimum Gasteiger partial charge on any atom is -0.497 e. The summed E-state index contributed by atoms with van der Waals surface area (Å²) in [4.78, 5) is 27.8. The number of aromatic amines is 1. The maximum Gasteiger partial charge on any atom is 0.416 e.